The Morgan fingerprint density at radius 2 is 1.80 bits per heavy atom. The second kappa shape index (κ2) is 5.12. The molecule has 0 amide bonds. The van der Waals surface area contributed by atoms with E-state index >= 15 is 0 Å². The third-order valence-electron chi connectivity index (χ3n) is 4.10. The molecule has 5 heteroatoms. The van der Waals surface area contributed by atoms with Crippen molar-refractivity contribution in [2.45, 2.75) is 45.3 Å². The van der Waals surface area contributed by atoms with Crippen LogP contribution < -0.4 is 10.2 Å². The molecule has 0 atom stereocenters. The summed E-state index contributed by atoms with van der Waals surface area (Å²) in [6.07, 6.45) is 0.302. The van der Waals surface area contributed by atoms with E-state index in [1.807, 2.05) is 45.9 Å². The number of nitriles is 1. The summed E-state index contributed by atoms with van der Waals surface area (Å²) in [5, 5.41) is 8.89. The van der Waals surface area contributed by atoms with E-state index in [1.54, 1.807) is 7.11 Å². The average Bonchev–Trinajstić information content (AvgIpc) is 2.59. The van der Waals surface area contributed by atoms with Crippen molar-refractivity contribution in [1.82, 2.24) is 0 Å². The maximum absolute atomic E-state index is 8.89. The van der Waals surface area contributed by atoms with E-state index in [4.69, 9.17) is 19.3 Å². The lowest BCUT2D eigenvalue weighted by molar-refractivity contribution is 0.00578. The number of rotatable bonds is 3. The molecule has 20 heavy (non-hydrogen) atoms. The molecular formula is C15H20BNO3. The van der Waals surface area contributed by atoms with E-state index < -0.39 is 7.12 Å². The van der Waals surface area contributed by atoms with Gasteiger partial charge in [-0.25, -0.2) is 0 Å². The molecule has 0 unspecified atom stereocenters. The predicted octanol–water partition coefficient (Wildman–Crippen LogP) is 2.06. The Kier molecular flexibility index (Phi) is 3.81. The van der Waals surface area contributed by atoms with Crippen LogP contribution in [0, 0.1) is 11.3 Å². The predicted molar refractivity (Wildman–Crippen MR) is 78.0 cm³/mol. The van der Waals surface area contributed by atoms with Gasteiger partial charge in [0, 0.05) is 5.56 Å². The van der Waals surface area contributed by atoms with Gasteiger partial charge in [0.15, 0.2) is 0 Å². The lowest BCUT2D eigenvalue weighted by Crippen LogP contribution is -2.41. The molecule has 0 radical (unpaired) electrons. The first-order valence-corrected chi connectivity index (χ1v) is 6.70. The van der Waals surface area contributed by atoms with Gasteiger partial charge in [0.1, 0.15) is 5.75 Å². The molecule has 106 valence electrons. The van der Waals surface area contributed by atoms with Gasteiger partial charge < -0.3 is 14.0 Å². The topological polar surface area (TPSA) is 51.5 Å². The first kappa shape index (κ1) is 14.9. The summed E-state index contributed by atoms with van der Waals surface area (Å²) >= 11 is 0. The zero-order valence-electron chi connectivity index (χ0n) is 12.7. The SMILES string of the molecule is COc1ccc(B2OC(C)(C)C(C)(C)O2)cc1CC#N. The summed E-state index contributed by atoms with van der Waals surface area (Å²) in [7, 11) is 1.19. The summed E-state index contributed by atoms with van der Waals surface area (Å²) in [5.41, 5.74) is 1.02. The van der Waals surface area contributed by atoms with Crippen molar-refractivity contribution in [2.24, 2.45) is 0 Å². The van der Waals surface area contributed by atoms with Crippen LogP contribution in [0.3, 0.4) is 0 Å². The summed E-state index contributed by atoms with van der Waals surface area (Å²) < 4.78 is 17.3. The maximum Gasteiger partial charge on any atom is 0.494 e. The molecule has 1 aliphatic heterocycles. The molecule has 0 saturated carbocycles. The van der Waals surface area contributed by atoms with Crippen LogP contribution in [0.5, 0.6) is 5.75 Å². The minimum atomic E-state index is -0.414. The van der Waals surface area contributed by atoms with E-state index in [1.165, 1.54) is 0 Å². The van der Waals surface area contributed by atoms with Crippen LogP contribution in [-0.2, 0) is 15.7 Å². The van der Waals surface area contributed by atoms with Crippen LogP contribution in [0.4, 0.5) is 0 Å². The largest absolute Gasteiger partial charge is 0.496 e. The highest BCUT2D eigenvalue weighted by Crippen LogP contribution is 2.36. The Bertz CT molecular complexity index is 533. The molecule has 1 fully saturated rings. The summed E-state index contributed by atoms with van der Waals surface area (Å²) in [6.45, 7) is 8.08. The second-order valence-electron chi connectivity index (χ2n) is 5.99. The standard InChI is InChI=1S/C15H20BNO3/c1-14(2)15(3,4)20-16(19-14)12-6-7-13(18-5)11(10-12)8-9-17/h6-7,10H,8H2,1-5H3. The Labute approximate surface area is 120 Å². The summed E-state index contributed by atoms with van der Waals surface area (Å²) in [6, 6.07) is 7.84. The third kappa shape index (κ3) is 2.54. The van der Waals surface area contributed by atoms with Crippen molar-refractivity contribution in [3.05, 3.63) is 23.8 Å². The van der Waals surface area contributed by atoms with Gasteiger partial charge in [-0.05, 0) is 39.2 Å². The molecule has 0 aromatic heterocycles. The number of ether oxygens (including phenoxy) is 1. The zero-order chi connectivity index (χ0) is 15.0. The Hall–Kier alpha value is -1.51. The Balaban J connectivity index is 2.32. The molecule has 0 bridgehead atoms. The van der Waals surface area contributed by atoms with Crippen LogP contribution in [0.25, 0.3) is 0 Å². The van der Waals surface area contributed by atoms with E-state index in [2.05, 4.69) is 6.07 Å². The van der Waals surface area contributed by atoms with Crippen LogP contribution in [0.1, 0.15) is 33.3 Å². The van der Waals surface area contributed by atoms with Crippen molar-refractivity contribution in [1.29, 1.82) is 5.26 Å². The van der Waals surface area contributed by atoms with E-state index in [9.17, 15) is 0 Å². The van der Waals surface area contributed by atoms with Crippen molar-refractivity contribution in [3.63, 3.8) is 0 Å². The van der Waals surface area contributed by atoms with Crippen LogP contribution in [-0.4, -0.2) is 25.4 Å². The number of hydrogen-bond donors (Lipinski definition) is 0. The molecule has 0 aliphatic carbocycles. The highest BCUT2D eigenvalue weighted by molar-refractivity contribution is 6.62. The van der Waals surface area contributed by atoms with Gasteiger partial charge in [-0.15, -0.1) is 0 Å². The summed E-state index contributed by atoms with van der Waals surface area (Å²) in [5.74, 6) is 0.715. The fraction of sp³-hybridized carbons (Fsp3) is 0.533. The molecule has 2 rings (SSSR count). The van der Waals surface area contributed by atoms with Crippen molar-refractivity contribution < 1.29 is 14.0 Å². The highest BCUT2D eigenvalue weighted by Gasteiger charge is 2.51. The van der Waals surface area contributed by atoms with Gasteiger partial charge in [-0.2, -0.15) is 5.26 Å². The van der Waals surface area contributed by atoms with E-state index in [-0.39, 0.29) is 11.2 Å². The van der Waals surface area contributed by atoms with Crippen LogP contribution in [0.15, 0.2) is 18.2 Å². The van der Waals surface area contributed by atoms with Gasteiger partial charge in [-0.3, -0.25) is 0 Å². The lowest BCUT2D eigenvalue weighted by Gasteiger charge is -2.32. The second-order valence-corrected chi connectivity index (χ2v) is 5.99. The van der Waals surface area contributed by atoms with E-state index in [0.29, 0.717) is 12.2 Å². The summed E-state index contributed by atoms with van der Waals surface area (Å²) in [4.78, 5) is 0. The molecule has 1 aromatic carbocycles. The lowest BCUT2D eigenvalue weighted by atomic mass is 9.78. The number of benzene rings is 1. The first-order valence-electron chi connectivity index (χ1n) is 6.70. The number of methoxy groups -OCH3 is 1. The minimum Gasteiger partial charge on any atom is -0.496 e. The zero-order valence-corrected chi connectivity index (χ0v) is 12.7. The fourth-order valence-electron chi connectivity index (χ4n) is 2.15. The van der Waals surface area contributed by atoms with Crippen molar-refractivity contribution >= 4 is 12.6 Å². The molecule has 0 N–H and O–H groups in total. The van der Waals surface area contributed by atoms with Gasteiger partial charge in [0.25, 0.3) is 0 Å². The Morgan fingerprint density at radius 3 is 2.30 bits per heavy atom. The fourth-order valence-corrected chi connectivity index (χ4v) is 2.15. The van der Waals surface area contributed by atoms with Gasteiger partial charge >= 0.3 is 7.12 Å². The van der Waals surface area contributed by atoms with Crippen molar-refractivity contribution in [3.8, 4) is 11.8 Å². The normalized spacial score (nSPS) is 19.7. The quantitative estimate of drug-likeness (QED) is 0.791. The first-order chi connectivity index (χ1) is 9.30. The van der Waals surface area contributed by atoms with Crippen LogP contribution >= 0.6 is 0 Å². The highest BCUT2D eigenvalue weighted by atomic mass is 16.7. The van der Waals surface area contributed by atoms with Gasteiger partial charge in [0.05, 0.1) is 30.8 Å². The molecule has 1 aromatic rings. The average molecular weight is 273 g/mol. The van der Waals surface area contributed by atoms with Gasteiger partial charge in [-0.1, -0.05) is 12.1 Å². The van der Waals surface area contributed by atoms with Gasteiger partial charge in [0.2, 0.25) is 0 Å². The molecule has 4 nitrogen and oxygen atoms in total. The molecule has 1 heterocycles. The number of nitrogens with zero attached hydrogens (tertiary/aromatic N) is 1. The molecule has 1 saturated heterocycles. The number of hydrogen-bond acceptors (Lipinski definition) is 4. The Morgan fingerprint density at radius 1 is 1.20 bits per heavy atom. The monoisotopic (exact) mass is 273 g/mol. The molecule has 0 spiro atoms. The molecule has 1 aliphatic rings. The van der Waals surface area contributed by atoms with Crippen molar-refractivity contribution in [2.75, 3.05) is 7.11 Å². The van der Waals surface area contributed by atoms with Crippen LogP contribution in [0.2, 0.25) is 0 Å². The third-order valence-corrected chi connectivity index (χ3v) is 4.10. The minimum absolute atomic E-state index is 0.302. The maximum atomic E-state index is 8.89. The van der Waals surface area contributed by atoms with E-state index in [0.717, 1.165) is 11.0 Å². The molecular weight excluding hydrogens is 253 g/mol. The smallest absolute Gasteiger partial charge is 0.494 e.